The summed E-state index contributed by atoms with van der Waals surface area (Å²) in [5.74, 6) is -2.85. The van der Waals surface area contributed by atoms with E-state index in [-0.39, 0.29) is 11.3 Å². The second kappa shape index (κ2) is 10.00. The minimum atomic E-state index is -4.63. The number of hydrazone groups is 1. The van der Waals surface area contributed by atoms with Gasteiger partial charge in [0.1, 0.15) is 16.5 Å². The number of hydrogen-bond acceptors (Lipinski definition) is 5. The average molecular weight is 498 g/mol. The van der Waals surface area contributed by atoms with Gasteiger partial charge in [0.15, 0.2) is 5.75 Å². The lowest BCUT2D eigenvalue weighted by Crippen LogP contribution is -2.21. The number of nitrogens with one attached hydrogen (secondary N) is 1. The molecular formula is C22H15F5N2O4S. The van der Waals surface area contributed by atoms with Crippen molar-refractivity contribution in [3.05, 3.63) is 95.1 Å². The van der Waals surface area contributed by atoms with E-state index < -0.39 is 56.3 Å². The van der Waals surface area contributed by atoms with Crippen molar-refractivity contribution in [2.24, 2.45) is 5.10 Å². The second-order valence-corrected chi connectivity index (χ2v) is 8.31. The van der Waals surface area contributed by atoms with Crippen LogP contribution in [0.3, 0.4) is 0 Å². The van der Waals surface area contributed by atoms with Gasteiger partial charge in [-0.05, 0) is 48.5 Å². The Bertz CT molecular complexity index is 1300. The largest absolute Gasteiger partial charge is 0.416 e. The number of carbonyl (C=O) groups is 1. The van der Waals surface area contributed by atoms with Crippen LogP contribution in [0.4, 0.5) is 22.0 Å². The Kier molecular flexibility index (Phi) is 7.30. The first-order valence-corrected chi connectivity index (χ1v) is 10.8. The summed E-state index contributed by atoms with van der Waals surface area (Å²) in [6.45, 7) is 0. The number of amides is 1. The quantitative estimate of drug-likeness (QED) is 0.226. The first-order valence-electron chi connectivity index (χ1n) is 9.43. The minimum absolute atomic E-state index is 0.0929. The van der Waals surface area contributed by atoms with Gasteiger partial charge in [-0.3, -0.25) is 4.79 Å². The smallest absolute Gasteiger partial charge is 0.378 e. The molecule has 3 aromatic rings. The number of benzene rings is 3. The van der Waals surface area contributed by atoms with Crippen LogP contribution in [-0.2, 0) is 27.5 Å². The molecule has 0 saturated carbocycles. The van der Waals surface area contributed by atoms with Crippen molar-refractivity contribution in [1.29, 1.82) is 0 Å². The third-order valence-electron chi connectivity index (χ3n) is 4.38. The van der Waals surface area contributed by atoms with Crippen LogP contribution in [0, 0.1) is 11.6 Å². The molecule has 0 aromatic heterocycles. The van der Waals surface area contributed by atoms with Crippen molar-refractivity contribution in [1.82, 2.24) is 5.43 Å². The van der Waals surface area contributed by atoms with Crippen LogP contribution in [0.1, 0.15) is 16.7 Å². The van der Waals surface area contributed by atoms with Gasteiger partial charge in [-0.1, -0.05) is 18.2 Å². The maximum absolute atomic E-state index is 13.6. The highest BCUT2D eigenvalue weighted by atomic mass is 32.2. The van der Waals surface area contributed by atoms with E-state index in [0.29, 0.717) is 12.1 Å². The normalized spacial score (nSPS) is 12.0. The fraction of sp³-hybridized carbons (Fsp3) is 0.0909. The van der Waals surface area contributed by atoms with Crippen LogP contribution in [-0.4, -0.2) is 20.5 Å². The molecule has 6 nitrogen and oxygen atoms in total. The van der Waals surface area contributed by atoms with Gasteiger partial charge >= 0.3 is 16.3 Å². The topological polar surface area (TPSA) is 84.8 Å². The molecule has 12 heteroatoms. The average Bonchev–Trinajstić information content (AvgIpc) is 2.77. The Morgan fingerprint density at radius 1 is 0.941 bits per heavy atom. The van der Waals surface area contributed by atoms with Gasteiger partial charge in [-0.2, -0.15) is 26.7 Å². The SMILES string of the molecule is O=C(Cc1c(F)cccc1F)NN=Cc1ccccc1OS(=O)(=O)c1ccc(C(F)(F)F)cc1. The summed E-state index contributed by atoms with van der Waals surface area (Å²) in [6.07, 6.45) is -4.22. The van der Waals surface area contributed by atoms with Crippen LogP contribution in [0.15, 0.2) is 76.7 Å². The number of para-hydroxylation sites is 1. The van der Waals surface area contributed by atoms with Crippen LogP contribution >= 0.6 is 0 Å². The summed E-state index contributed by atoms with van der Waals surface area (Å²) >= 11 is 0. The molecule has 3 aromatic carbocycles. The standard InChI is InChI=1S/C22H15F5N2O4S/c23-18-5-3-6-19(24)17(18)12-21(30)29-28-13-14-4-1-2-7-20(14)33-34(31,32)16-10-8-15(9-11-16)22(25,26)27/h1-11,13H,12H2,(H,29,30). The molecule has 0 saturated heterocycles. The van der Waals surface area contributed by atoms with Crippen LogP contribution < -0.4 is 9.61 Å². The highest BCUT2D eigenvalue weighted by molar-refractivity contribution is 7.87. The number of halogens is 5. The highest BCUT2D eigenvalue weighted by Crippen LogP contribution is 2.30. The first-order chi connectivity index (χ1) is 16.0. The lowest BCUT2D eigenvalue weighted by molar-refractivity contribution is -0.137. The zero-order chi connectivity index (χ0) is 24.9. The molecule has 34 heavy (non-hydrogen) atoms. The molecular weight excluding hydrogens is 483 g/mol. The number of rotatable bonds is 7. The summed E-state index contributed by atoms with van der Waals surface area (Å²) in [6, 6.07) is 11.5. The zero-order valence-electron chi connectivity index (χ0n) is 17.0. The van der Waals surface area contributed by atoms with Crippen LogP contribution in [0.2, 0.25) is 0 Å². The monoisotopic (exact) mass is 498 g/mol. The molecule has 0 heterocycles. The molecule has 0 unspecified atom stereocenters. The van der Waals surface area contributed by atoms with Crippen molar-refractivity contribution in [2.45, 2.75) is 17.5 Å². The van der Waals surface area contributed by atoms with Gasteiger partial charge in [-0.25, -0.2) is 14.2 Å². The Hall–Kier alpha value is -3.80. The maximum atomic E-state index is 13.6. The summed E-state index contributed by atoms with van der Waals surface area (Å²) in [5.41, 5.74) is 0.689. The van der Waals surface area contributed by atoms with E-state index >= 15 is 0 Å². The predicted molar refractivity (Wildman–Crippen MR) is 111 cm³/mol. The lowest BCUT2D eigenvalue weighted by atomic mass is 10.1. The molecule has 0 aliphatic heterocycles. The molecule has 178 valence electrons. The van der Waals surface area contributed by atoms with E-state index in [1.807, 2.05) is 0 Å². The van der Waals surface area contributed by atoms with Crippen molar-refractivity contribution < 1.29 is 39.3 Å². The van der Waals surface area contributed by atoms with Gasteiger partial charge in [-0.15, -0.1) is 0 Å². The van der Waals surface area contributed by atoms with E-state index in [4.69, 9.17) is 4.18 Å². The second-order valence-electron chi connectivity index (χ2n) is 6.77. The van der Waals surface area contributed by atoms with Crippen molar-refractivity contribution in [3.63, 3.8) is 0 Å². The van der Waals surface area contributed by atoms with E-state index in [2.05, 4.69) is 10.5 Å². The van der Waals surface area contributed by atoms with Crippen molar-refractivity contribution in [2.75, 3.05) is 0 Å². The van der Waals surface area contributed by atoms with Crippen molar-refractivity contribution >= 4 is 22.2 Å². The molecule has 3 rings (SSSR count). The molecule has 0 aliphatic rings. The Balaban J connectivity index is 1.72. The van der Waals surface area contributed by atoms with Crippen LogP contribution in [0.25, 0.3) is 0 Å². The number of alkyl halides is 3. The van der Waals surface area contributed by atoms with Gasteiger partial charge < -0.3 is 4.18 Å². The molecule has 1 amide bonds. The molecule has 0 atom stereocenters. The maximum Gasteiger partial charge on any atom is 0.416 e. The molecule has 0 spiro atoms. The first kappa shape index (κ1) is 24.8. The van der Waals surface area contributed by atoms with Gasteiger partial charge in [0.2, 0.25) is 5.91 Å². The summed E-state index contributed by atoms with van der Waals surface area (Å²) < 4.78 is 95.3. The number of nitrogens with zero attached hydrogens (tertiary/aromatic N) is 1. The lowest BCUT2D eigenvalue weighted by Gasteiger charge is -2.11. The fourth-order valence-electron chi connectivity index (χ4n) is 2.72. The molecule has 0 aliphatic carbocycles. The zero-order valence-corrected chi connectivity index (χ0v) is 17.8. The molecule has 1 N–H and O–H groups in total. The molecule has 0 radical (unpaired) electrons. The molecule has 0 bridgehead atoms. The van der Waals surface area contributed by atoms with Gasteiger partial charge in [0, 0.05) is 11.1 Å². The van der Waals surface area contributed by atoms with Gasteiger partial charge in [0.25, 0.3) is 0 Å². The molecule has 0 fully saturated rings. The minimum Gasteiger partial charge on any atom is -0.378 e. The summed E-state index contributed by atoms with van der Waals surface area (Å²) in [5, 5.41) is 3.63. The number of hydrogen-bond donors (Lipinski definition) is 1. The third-order valence-corrected chi connectivity index (χ3v) is 5.63. The van der Waals surface area contributed by atoms with Crippen LogP contribution in [0.5, 0.6) is 5.75 Å². The highest BCUT2D eigenvalue weighted by Gasteiger charge is 2.31. The fourth-order valence-corrected chi connectivity index (χ4v) is 3.67. The van der Waals surface area contributed by atoms with Gasteiger partial charge in [0.05, 0.1) is 18.2 Å². The summed E-state index contributed by atoms with van der Waals surface area (Å²) in [7, 11) is -4.49. The predicted octanol–water partition coefficient (Wildman–Crippen LogP) is 4.44. The van der Waals surface area contributed by atoms with E-state index in [1.165, 1.54) is 24.3 Å². The Morgan fingerprint density at radius 3 is 2.18 bits per heavy atom. The Morgan fingerprint density at radius 2 is 1.56 bits per heavy atom. The van der Waals surface area contributed by atoms with Crippen molar-refractivity contribution in [3.8, 4) is 5.75 Å². The van der Waals surface area contributed by atoms with E-state index in [1.54, 1.807) is 0 Å². The summed E-state index contributed by atoms with van der Waals surface area (Å²) in [4.78, 5) is 11.4. The Labute approximate surface area is 190 Å². The van der Waals surface area contributed by atoms with E-state index in [0.717, 1.165) is 36.5 Å². The van der Waals surface area contributed by atoms with E-state index in [9.17, 15) is 35.2 Å². The number of carbonyl (C=O) groups excluding carboxylic acids is 1. The third kappa shape index (κ3) is 6.16.